The number of nitrogens with zero attached hydrogens (tertiary/aromatic N) is 15. The first-order valence-electron chi connectivity index (χ1n) is 24.4. The van der Waals surface area contributed by atoms with E-state index in [2.05, 4.69) is 56.5 Å². The Bertz CT molecular complexity index is 1870. The van der Waals surface area contributed by atoms with E-state index < -0.39 is 17.9 Å². The number of aliphatic carboxylic acids is 3. The predicted octanol–water partition coefficient (Wildman–Crippen LogP) is 8.10. The standard InChI is InChI=1S/3C8H12N4.3C7H7NO2.3C3H8.3Ir/c3*1-9-3-5-11(7-9)12-6-4-10(2)8-12;3*9-7(10)5-6-3-1-2-4-8-6;3*1-3-2;;;/h3*3-8H,1-2H3;3*1-4H,5H2,(H,9,10);3*3H2,1-2H3;;;/q3*-2;;;;;;;;;. The Balaban J connectivity index is -0.000000834. The fraction of sp³-hybridized carbons (Fsp3) is 0.333. The van der Waals surface area contributed by atoms with Crippen LogP contribution in [0.4, 0.5) is 0 Å². The van der Waals surface area contributed by atoms with Crippen molar-refractivity contribution in [2.24, 2.45) is 0 Å². The molecule has 0 saturated heterocycles. The average Bonchev–Trinajstić information content (AvgIpc) is 4.25. The molecule has 3 aromatic heterocycles. The number of aromatic nitrogens is 3. The third-order valence-corrected chi connectivity index (χ3v) is 8.51. The fourth-order valence-electron chi connectivity index (χ4n) is 5.41. The molecule has 0 aliphatic carbocycles. The summed E-state index contributed by atoms with van der Waals surface area (Å²) in [6, 6.07) is 15.6. The second-order valence-electron chi connectivity index (χ2n) is 16.6. The molecule has 0 spiro atoms. The summed E-state index contributed by atoms with van der Waals surface area (Å²) in [4.78, 5) is 53.9. The van der Waals surface area contributed by atoms with E-state index in [1.807, 2.05) is 216 Å². The number of hydrogen-bond acceptors (Lipinski definition) is 18. The molecule has 24 heteroatoms. The van der Waals surface area contributed by atoms with Crippen molar-refractivity contribution in [2.45, 2.75) is 80.1 Å². The zero-order valence-electron chi connectivity index (χ0n) is 46.8. The molecule has 0 saturated carbocycles. The van der Waals surface area contributed by atoms with Gasteiger partial charge in [-0.15, -0.1) is 40.0 Å². The van der Waals surface area contributed by atoms with Gasteiger partial charge in [-0.3, -0.25) is 29.3 Å². The van der Waals surface area contributed by atoms with Crippen LogP contribution in [0.15, 0.2) is 148 Å². The van der Waals surface area contributed by atoms with Gasteiger partial charge < -0.3 is 74.8 Å². The Hall–Kier alpha value is -6.15. The molecule has 78 heavy (non-hydrogen) atoms. The number of carbonyl (C=O) groups is 3. The average molecular weight is 1610 g/mol. The summed E-state index contributed by atoms with van der Waals surface area (Å²) in [5.41, 5.74) is 1.78. The van der Waals surface area contributed by atoms with Crippen LogP contribution in [0.1, 0.15) is 77.9 Å². The van der Waals surface area contributed by atoms with Crippen LogP contribution >= 0.6 is 0 Å². The van der Waals surface area contributed by atoms with Crippen LogP contribution in [0.3, 0.4) is 0 Å². The van der Waals surface area contributed by atoms with Crippen molar-refractivity contribution < 1.29 is 90.0 Å². The quantitative estimate of drug-likeness (QED) is 0.174. The fourth-order valence-corrected chi connectivity index (χ4v) is 5.41. The Morgan fingerprint density at radius 1 is 0.346 bits per heavy atom. The molecular formula is C54H81Ir3N15O6-6. The summed E-state index contributed by atoms with van der Waals surface area (Å²) in [6.07, 6.45) is 32.5. The van der Waals surface area contributed by atoms with E-state index >= 15 is 0 Å². The summed E-state index contributed by atoms with van der Waals surface area (Å²) >= 11 is 0. The molecular weight excluding hydrogens is 1530 g/mol. The normalized spacial score (nSPS) is 14.3. The van der Waals surface area contributed by atoms with Gasteiger partial charge in [0, 0.05) is 116 Å². The zero-order valence-corrected chi connectivity index (χ0v) is 54.0. The number of hydrazine groups is 3. The van der Waals surface area contributed by atoms with E-state index in [0.717, 1.165) is 0 Å². The number of hydrogen-bond donors (Lipinski definition) is 3. The molecule has 6 aliphatic rings. The largest absolute Gasteiger partial charge is 0.509 e. The molecule has 0 unspecified atom stereocenters. The van der Waals surface area contributed by atoms with Gasteiger partial charge in [0.15, 0.2) is 0 Å². The molecule has 0 bridgehead atoms. The van der Waals surface area contributed by atoms with Crippen molar-refractivity contribution in [3.8, 4) is 0 Å². The number of rotatable bonds is 9. The van der Waals surface area contributed by atoms with Crippen LogP contribution in [0.2, 0.25) is 0 Å². The van der Waals surface area contributed by atoms with Gasteiger partial charge in [0.05, 0.1) is 36.3 Å². The van der Waals surface area contributed by atoms with Crippen molar-refractivity contribution in [2.75, 3.05) is 42.3 Å². The first-order chi connectivity index (χ1) is 35.9. The van der Waals surface area contributed by atoms with E-state index in [1.54, 1.807) is 73.2 Å². The molecule has 441 valence electrons. The van der Waals surface area contributed by atoms with E-state index in [4.69, 9.17) is 15.3 Å². The van der Waals surface area contributed by atoms with Gasteiger partial charge in [-0.1, -0.05) is 79.0 Å². The van der Waals surface area contributed by atoms with Gasteiger partial charge in [-0.25, -0.2) is 0 Å². The first kappa shape index (κ1) is 76.1. The molecule has 9 rings (SSSR count). The van der Waals surface area contributed by atoms with Crippen molar-refractivity contribution in [1.29, 1.82) is 0 Å². The second-order valence-corrected chi connectivity index (χ2v) is 16.6. The molecule has 0 aromatic carbocycles. The Morgan fingerprint density at radius 2 is 0.513 bits per heavy atom. The minimum absolute atomic E-state index is 0. The van der Waals surface area contributed by atoms with Crippen LogP contribution in [0, 0.1) is 40.0 Å². The number of carboxylic acids is 3. The van der Waals surface area contributed by atoms with Gasteiger partial charge in [-0.2, -0.15) is 0 Å². The maximum absolute atomic E-state index is 10.1. The summed E-state index contributed by atoms with van der Waals surface area (Å²) in [5.74, 6) is -2.55. The van der Waals surface area contributed by atoms with Crippen LogP contribution in [-0.4, -0.2) is 150 Å². The Labute approximate surface area is 506 Å². The molecule has 0 atom stereocenters. The van der Waals surface area contributed by atoms with Crippen molar-refractivity contribution >= 4 is 17.9 Å². The molecule has 3 N–H and O–H groups in total. The molecule has 3 aromatic rings. The Morgan fingerprint density at radius 3 is 0.615 bits per heavy atom. The molecule has 3 radical (unpaired) electrons. The van der Waals surface area contributed by atoms with Gasteiger partial charge >= 0.3 is 17.9 Å². The summed E-state index contributed by atoms with van der Waals surface area (Å²) < 4.78 is 0. The molecule has 21 nitrogen and oxygen atoms in total. The van der Waals surface area contributed by atoms with Crippen LogP contribution in [0.25, 0.3) is 0 Å². The maximum atomic E-state index is 10.1. The zero-order chi connectivity index (χ0) is 56.0. The third-order valence-electron chi connectivity index (χ3n) is 8.51. The molecule has 9 heterocycles. The van der Waals surface area contributed by atoms with Gasteiger partial charge in [0.2, 0.25) is 0 Å². The van der Waals surface area contributed by atoms with Gasteiger partial charge in [0.25, 0.3) is 0 Å². The maximum Gasteiger partial charge on any atom is 0.309 e. The minimum atomic E-state index is -0.848. The third kappa shape index (κ3) is 36.0. The number of carboxylic acid groups (broad SMARTS) is 3. The van der Waals surface area contributed by atoms with E-state index in [1.165, 1.54) is 19.3 Å². The van der Waals surface area contributed by atoms with Crippen LogP contribution in [-0.2, 0) is 94.0 Å². The SMILES string of the molecule is CCC.CCC.CCC.CN1C=CN(N2C=CN(C)[CH-]2)[CH-]1.CN1C=CN(N2C=CN(C)[CH-]2)[CH-]1.CN1C=CN(N2C=CN(C)[CH-]2)[CH-]1.O=C(O)Cc1ccccn1.O=C(O)Cc1ccccn1.O=C(O)Cc1ccccn1.[Ir].[Ir].[Ir]. The Kier molecular flexibility index (Phi) is 44.7. The van der Waals surface area contributed by atoms with Crippen LogP contribution < -0.4 is 0 Å². The number of pyridine rings is 3. The van der Waals surface area contributed by atoms with E-state index in [9.17, 15) is 14.4 Å². The summed E-state index contributed by atoms with van der Waals surface area (Å²) in [6.45, 7) is 24.8. The van der Waals surface area contributed by atoms with Gasteiger partial charge in [-0.05, 0) is 116 Å². The summed E-state index contributed by atoms with van der Waals surface area (Å²) in [5, 5.41) is 37.0. The second kappa shape index (κ2) is 45.8. The monoisotopic (exact) mass is 1610 g/mol. The van der Waals surface area contributed by atoms with Crippen molar-refractivity contribution in [1.82, 2.24) is 74.4 Å². The molecule has 6 aliphatic heterocycles. The smallest absolute Gasteiger partial charge is 0.309 e. The molecule has 0 amide bonds. The predicted molar refractivity (Wildman–Crippen MR) is 293 cm³/mol. The van der Waals surface area contributed by atoms with Crippen molar-refractivity contribution in [3.63, 3.8) is 0 Å². The summed E-state index contributed by atoms with van der Waals surface area (Å²) in [7, 11) is 12.0. The van der Waals surface area contributed by atoms with Crippen molar-refractivity contribution in [3.05, 3.63) is 205 Å². The van der Waals surface area contributed by atoms with Gasteiger partial charge in [0.1, 0.15) is 0 Å². The van der Waals surface area contributed by atoms with E-state index in [-0.39, 0.29) is 79.6 Å². The first-order valence-corrected chi connectivity index (χ1v) is 24.4. The molecule has 0 fully saturated rings. The van der Waals surface area contributed by atoms with Crippen LogP contribution in [0.5, 0.6) is 0 Å². The topological polar surface area (TPSA) is 189 Å². The van der Waals surface area contributed by atoms with E-state index in [0.29, 0.717) is 17.1 Å². The minimum Gasteiger partial charge on any atom is -0.509 e.